The largest absolute Gasteiger partial charge is 0.461 e. The van der Waals surface area contributed by atoms with E-state index >= 15 is 0 Å². The number of halogens is 9. The first-order valence-corrected chi connectivity index (χ1v) is 9.19. The summed E-state index contributed by atoms with van der Waals surface area (Å²) in [7, 11) is -6.81. The number of esters is 1. The van der Waals surface area contributed by atoms with Crippen LogP contribution in [0.15, 0.2) is 0 Å². The van der Waals surface area contributed by atoms with Gasteiger partial charge >= 0.3 is 29.2 Å². The molecule has 0 amide bonds. The van der Waals surface area contributed by atoms with Gasteiger partial charge in [0.2, 0.25) is 9.84 Å². The third-order valence-electron chi connectivity index (χ3n) is 4.70. The first-order chi connectivity index (χ1) is 12.0. The van der Waals surface area contributed by atoms with Gasteiger partial charge < -0.3 is 4.74 Å². The van der Waals surface area contributed by atoms with Crippen molar-refractivity contribution in [2.24, 2.45) is 5.92 Å². The highest BCUT2D eigenvalue weighted by atomic mass is 32.2. The lowest BCUT2D eigenvalue weighted by Gasteiger charge is -2.34. The number of carbonyl (C=O) groups is 1. The van der Waals surface area contributed by atoms with E-state index in [1.165, 1.54) is 0 Å². The van der Waals surface area contributed by atoms with E-state index in [-0.39, 0.29) is 19.3 Å². The van der Waals surface area contributed by atoms with Crippen molar-refractivity contribution in [3.63, 3.8) is 0 Å². The van der Waals surface area contributed by atoms with E-state index in [9.17, 15) is 52.7 Å². The Labute approximate surface area is 146 Å². The molecule has 4 nitrogen and oxygen atoms in total. The molecule has 1 aliphatic heterocycles. The highest BCUT2D eigenvalue weighted by Crippen LogP contribution is 2.56. The van der Waals surface area contributed by atoms with Crippen LogP contribution in [-0.4, -0.2) is 49.0 Å². The Morgan fingerprint density at radius 3 is 1.85 bits per heavy atom. The quantitative estimate of drug-likeness (QED) is 0.498. The van der Waals surface area contributed by atoms with Gasteiger partial charge in [-0.05, 0) is 19.3 Å². The molecule has 158 valence electrons. The summed E-state index contributed by atoms with van der Waals surface area (Å²) in [6, 6.07) is 0. The summed E-state index contributed by atoms with van der Waals surface area (Å²) in [5, 5.41) is -9.82. The van der Waals surface area contributed by atoms with Crippen LogP contribution >= 0.6 is 0 Å². The van der Waals surface area contributed by atoms with Gasteiger partial charge in [-0.15, -0.1) is 0 Å². The predicted molar refractivity (Wildman–Crippen MR) is 70.1 cm³/mol. The van der Waals surface area contributed by atoms with Crippen molar-refractivity contribution in [1.29, 1.82) is 0 Å². The zero-order chi connectivity index (χ0) is 21.1. The molecule has 14 heteroatoms. The standard InChI is InChI=1S/C13H13F9O4S/c14-10(15,12(18,19)20)11(16,17)13(21,22)27(24,25)8-6-4-2-1-3-5-7(6)26-9(8)23/h6-8H,1-5H2/t6-,7+,8+/m0/s1. The van der Waals surface area contributed by atoms with Gasteiger partial charge in [0, 0.05) is 5.92 Å². The Kier molecular flexibility index (Phi) is 5.24. The number of rotatable bonds is 4. The van der Waals surface area contributed by atoms with E-state index in [2.05, 4.69) is 4.74 Å². The topological polar surface area (TPSA) is 60.4 Å². The van der Waals surface area contributed by atoms with Crippen LogP contribution in [0.5, 0.6) is 0 Å². The number of hydrogen-bond donors (Lipinski definition) is 0. The molecular weight excluding hydrogens is 423 g/mol. The summed E-state index contributed by atoms with van der Waals surface area (Å²) in [6.07, 6.45) is -7.47. The van der Waals surface area contributed by atoms with Crippen molar-refractivity contribution in [1.82, 2.24) is 0 Å². The SMILES string of the molecule is O=C1O[C@@H]2CCCCC[C@@H]2[C@H]1S(=O)(=O)C(F)(F)C(F)(F)C(F)(F)C(F)(F)F. The lowest BCUT2D eigenvalue weighted by Crippen LogP contribution is -2.65. The van der Waals surface area contributed by atoms with Crippen LogP contribution in [0.1, 0.15) is 32.1 Å². The maximum absolute atomic E-state index is 14.0. The number of hydrogen-bond acceptors (Lipinski definition) is 4. The second-order valence-electron chi connectivity index (χ2n) is 6.41. The van der Waals surface area contributed by atoms with E-state index in [1.54, 1.807) is 0 Å². The van der Waals surface area contributed by atoms with Gasteiger partial charge in [0.05, 0.1) is 0 Å². The Hall–Kier alpha value is -1.21. The van der Waals surface area contributed by atoms with Gasteiger partial charge in [-0.25, -0.2) is 8.42 Å². The van der Waals surface area contributed by atoms with Gasteiger partial charge in [0.1, 0.15) is 6.10 Å². The monoisotopic (exact) mass is 436 g/mol. The molecular formula is C13H13F9O4S. The molecule has 0 aromatic carbocycles. The van der Waals surface area contributed by atoms with Gasteiger partial charge in [-0.3, -0.25) is 4.79 Å². The number of sulfone groups is 1. The normalized spacial score (nSPS) is 28.5. The average molecular weight is 436 g/mol. The number of fused-ring (bicyclic) bond motifs is 1. The molecule has 0 radical (unpaired) electrons. The summed E-state index contributed by atoms with van der Waals surface area (Å²) in [5.41, 5.74) is 0. The van der Waals surface area contributed by atoms with Gasteiger partial charge in [-0.1, -0.05) is 12.8 Å². The van der Waals surface area contributed by atoms with Crippen molar-refractivity contribution in [3.8, 4) is 0 Å². The summed E-state index contributed by atoms with van der Waals surface area (Å²) >= 11 is 0. The summed E-state index contributed by atoms with van der Waals surface area (Å²) < 4.78 is 146. The lowest BCUT2D eigenvalue weighted by atomic mass is 9.96. The maximum atomic E-state index is 14.0. The number of alkyl halides is 9. The maximum Gasteiger partial charge on any atom is 0.460 e. The van der Waals surface area contributed by atoms with Crippen LogP contribution in [0.25, 0.3) is 0 Å². The zero-order valence-electron chi connectivity index (χ0n) is 13.2. The van der Waals surface area contributed by atoms with Crippen LogP contribution in [0.2, 0.25) is 0 Å². The molecule has 0 bridgehead atoms. The Morgan fingerprint density at radius 1 is 0.815 bits per heavy atom. The van der Waals surface area contributed by atoms with Crippen molar-refractivity contribution >= 4 is 15.8 Å². The molecule has 1 saturated carbocycles. The van der Waals surface area contributed by atoms with Gasteiger partial charge in [0.15, 0.2) is 5.25 Å². The van der Waals surface area contributed by atoms with Crippen LogP contribution in [0.3, 0.4) is 0 Å². The van der Waals surface area contributed by atoms with Crippen molar-refractivity contribution < 1.29 is 57.5 Å². The minimum Gasteiger partial charge on any atom is -0.461 e. The third-order valence-corrected chi connectivity index (χ3v) is 6.88. The molecule has 2 rings (SSSR count). The third kappa shape index (κ3) is 3.07. The van der Waals surface area contributed by atoms with E-state index < -0.39 is 56.4 Å². The van der Waals surface area contributed by atoms with E-state index in [0.29, 0.717) is 12.8 Å². The minimum atomic E-state index is -7.36. The predicted octanol–water partition coefficient (Wildman–Crippen LogP) is 3.70. The molecule has 0 aromatic heterocycles. The van der Waals surface area contributed by atoms with Crippen LogP contribution in [0, 0.1) is 5.92 Å². The van der Waals surface area contributed by atoms with Crippen molar-refractivity contribution in [2.45, 2.75) is 66.7 Å². The molecule has 3 atom stereocenters. The van der Waals surface area contributed by atoms with Crippen LogP contribution in [0.4, 0.5) is 39.5 Å². The minimum absolute atomic E-state index is 0.0309. The first-order valence-electron chi connectivity index (χ1n) is 7.64. The zero-order valence-corrected chi connectivity index (χ0v) is 14.0. The molecule has 2 fully saturated rings. The molecule has 0 spiro atoms. The second kappa shape index (κ2) is 6.41. The molecule has 1 heterocycles. The first kappa shape index (κ1) is 22.1. The average Bonchev–Trinajstić information content (AvgIpc) is 2.65. The summed E-state index contributed by atoms with van der Waals surface area (Å²) in [4.78, 5) is 11.7. The fourth-order valence-electron chi connectivity index (χ4n) is 3.24. The summed E-state index contributed by atoms with van der Waals surface area (Å²) in [6.45, 7) is 0. The van der Waals surface area contributed by atoms with Gasteiger partial charge in [0.25, 0.3) is 0 Å². The van der Waals surface area contributed by atoms with Crippen molar-refractivity contribution in [3.05, 3.63) is 0 Å². The Bertz CT molecular complexity index is 701. The highest BCUT2D eigenvalue weighted by molar-refractivity contribution is 7.93. The van der Waals surface area contributed by atoms with E-state index in [0.717, 1.165) is 0 Å². The van der Waals surface area contributed by atoms with Gasteiger partial charge in [-0.2, -0.15) is 39.5 Å². The molecule has 1 saturated heterocycles. The Morgan fingerprint density at radius 2 is 1.33 bits per heavy atom. The van der Waals surface area contributed by atoms with Crippen LogP contribution < -0.4 is 0 Å². The second-order valence-corrected chi connectivity index (χ2v) is 8.52. The number of carbonyl (C=O) groups excluding carboxylic acids is 1. The molecule has 2 aliphatic rings. The van der Waals surface area contributed by atoms with E-state index in [1.807, 2.05) is 0 Å². The van der Waals surface area contributed by atoms with Crippen molar-refractivity contribution in [2.75, 3.05) is 0 Å². The van der Waals surface area contributed by atoms with E-state index in [4.69, 9.17) is 0 Å². The molecule has 27 heavy (non-hydrogen) atoms. The summed E-state index contributed by atoms with van der Waals surface area (Å²) in [5.74, 6) is -18.1. The molecule has 0 N–H and O–H groups in total. The smallest absolute Gasteiger partial charge is 0.460 e. The Balaban J connectivity index is 2.51. The highest BCUT2D eigenvalue weighted by Gasteiger charge is 2.86. The molecule has 0 unspecified atom stereocenters. The van der Waals surface area contributed by atoms with Crippen LogP contribution in [-0.2, 0) is 19.4 Å². The fourth-order valence-corrected chi connectivity index (χ4v) is 5.13. The fraction of sp³-hybridized carbons (Fsp3) is 0.923. The number of ether oxygens (including phenoxy) is 1. The molecule has 0 aromatic rings. The lowest BCUT2D eigenvalue weighted by molar-refractivity contribution is -0.382. The molecule has 1 aliphatic carbocycles.